The summed E-state index contributed by atoms with van der Waals surface area (Å²) in [5.41, 5.74) is 5.90. The Balaban J connectivity index is 2.08. The lowest BCUT2D eigenvalue weighted by atomic mass is 9.97. The standard InChI is InChI=1S/C13H20N4O4/c1-8(14)9-5-3-4-6-16(9)10(18)7-17-12(20)11(19)15(2)13(17)21/h8-9H,3-7,14H2,1-2H3. The molecule has 2 heterocycles. The third-order valence-electron chi connectivity index (χ3n) is 4.02. The first-order valence-electron chi connectivity index (χ1n) is 7.03. The Labute approximate surface area is 122 Å². The van der Waals surface area contributed by atoms with Crippen molar-refractivity contribution in [2.45, 2.75) is 38.3 Å². The van der Waals surface area contributed by atoms with E-state index < -0.39 is 24.4 Å². The van der Waals surface area contributed by atoms with Crippen molar-refractivity contribution in [2.24, 2.45) is 5.73 Å². The number of amides is 5. The smallest absolute Gasteiger partial charge is 0.334 e. The van der Waals surface area contributed by atoms with Gasteiger partial charge in [0.05, 0.1) is 0 Å². The second-order valence-electron chi connectivity index (χ2n) is 5.55. The highest BCUT2D eigenvalue weighted by atomic mass is 16.2. The third-order valence-corrected chi connectivity index (χ3v) is 4.02. The van der Waals surface area contributed by atoms with E-state index in [-0.39, 0.29) is 18.0 Å². The number of carbonyl (C=O) groups is 4. The van der Waals surface area contributed by atoms with E-state index in [2.05, 4.69) is 0 Å². The van der Waals surface area contributed by atoms with E-state index in [0.29, 0.717) is 11.4 Å². The molecule has 2 fully saturated rings. The average Bonchev–Trinajstić information content (AvgIpc) is 2.65. The van der Waals surface area contributed by atoms with E-state index in [1.54, 1.807) is 4.90 Å². The van der Waals surface area contributed by atoms with Crippen LogP contribution in [0.4, 0.5) is 4.79 Å². The number of carbonyl (C=O) groups excluding carboxylic acids is 4. The highest BCUT2D eigenvalue weighted by Crippen LogP contribution is 2.20. The highest BCUT2D eigenvalue weighted by Gasteiger charge is 2.44. The summed E-state index contributed by atoms with van der Waals surface area (Å²) in [7, 11) is 1.22. The van der Waals surface area contributed by atoms with Crippen molar-refractivity contribution in [3.63, 3.8) is 0 Å². The van der Waals surface area contributed by atoms with Crippen LogP contribution in [0.5, 0.6) is 0 Å². The van der Waals surface area contributed by atoms with Crippen LogP contribution in [0.3, 0.4) is 0 Å². The Morgan fingerprint density at radius 1 is 1.29 bits per heavy atom. The molecule has 0 aliphatic carbocycles. The fourth-order valence-corrected chi connectivity index (χ4v) is 2.79. The lowest BCUT2D eigenvalue weighted by Gasteiger charge is -2.38. The first kappa shape index (κ1) is 15.4. The number of nitrogens with two attached hydrogens (primary N) is 1. The summed E-state index contributed by atoms with van der Waals surface area (Å²) in [6, 6.07) is -1.02. The van der Waals surface area contributed by atoms with Crippen molar-refractivity contribution >= 4 is 23.8 Å². The van der Waals surface area contributed by atoms with Gasteiger partial charge in [0.1, 0.15) is 6.54 Å². The fraction of sp³-hybridized carbons (Fsp3) is 0.692. The number of urea groups is 1. The summed E-state index contributed by atoms with van der Waals surface area (Å²) in [6.45, 7) is 1.99. The van der Waals surface area contributed by atoms with E-state index >= 15 is 0 Å². The molecule has 0 aromatic carbocycles. The number of likely N-dealkylation sites (N-methyl/N-ethyl adjacent to an activating group) is 1. The molecule has 2 aliphatic rings. The van der Waals surface area contributed by atoms with Gasteiger partial charge in [-0.15, -0.1) is 0 Å². The van der Waals surface area contributed by atoms with Crippen LogP contribution in [0, 0.1) is 0 Å². The summed E-state index contributed by atoms with van der Waals surface area (Å²) in [5, 5.41) is 0. The van der Waals surface area contributed by atoms with Gasteiger partial charge in [-0.3, -0.25) is 19.3 Å². The zero-order valence-corrected chi connectivity index (χ0v) is 12.2. The predicted octanol–water partition coefficient (Wildman–Crippen LogP) is -0.865. The van der Waals surface area contributed by atoms with Crippen molar-refractivity contribution in [1.29, 1.82) is 0 Å². The van der Waals surface area contributed by atoms with Gasteiger partial charge in [-0.05, 0) is 26.2 Å². The van der Waals surface area contributed by atoms with Gasteiger partial charge in [0.25, 0.3) is 0 Å². The third kappa shape index (κ3) is 2.76. The molecule has 2 rings (SSSR count). The molecule has 116 valence electrons. The van der Waals surface area contributed by atoms with Crippen LogP contribution < -0.4 is 5.73 Å². The van der Waals surface area contributed by atoms with Crippen LogP contribution in [-0.2, 0) is 14.4 Å². The molecule has 5 amide bonds. The largest absolute Gasteiger partial charge is 0.337 e. The molecule has 8 heteroatoms. The first-order chi connectivity index (χ1) is 9.84. The van der Waals surface area contributed by atoms with Gasteiger partial charge in [-0.1, -0.05) is 0 Å². The molecule has 2 atom stereocenters. The van der Waals surface area contributed by atoms with Gasteiger partial charge in [-0.25, -0.2) is 9.69 Å². The zero-order chi connectivity index (χ0) is 15.7. The van der Waals surface area contributed by atoms with Gasteiger partial charge in [0.15, 0.2) is 0 Å². The Morgan fingerprint density at radius 2 is 1.95 bits per heavy atom. The van der Waals surface area contributed by atoms with E-state index in [9.17, 15) is 19.2 Å². The number of nitrogens with zero attached hydrogens (tertiary/aromatic N) is 3. The minimum absolute atomic E-state index is 0.0903. The molecule has 2 aliphatic heterocycles. The first-order valence-corrected chi connectivity index (χ1v) is 7.03. The van der Waals surface area contributed by atoms with E-state index in [0.717, 1.165) is 24.2 Å². The quantitative estimate of drug-likeness (QED) is 0.539. The van der Waals surface area contributed by atoms with Crippen LogP contribution in [0.1, 0.15) is 26.2 Å². The number of rotatable bonds is 3. The van der Waals surface area contributed by atoms with Crippen LogP contribution in [0.25, 0.3) is 0 Å². The summed E-state index contributed by atoms with van der Waals surface area (Å²) in [4.78, 5) is 50.3. The normalized spacial score (nSPS) is 24.8. The number of imide groups is 2. The van der Waals surface area contributed by atoms with Gasteiger partial charge in [0.2, 0.25) is 5.91 Å². The van der Waals surface area contributed by atoms with E-state index in [1.165, 1.54) is 7.05 Å². The molecule has 21 heavy (non-hydrogen) atoms. The van der Waals surface area contributed by atoms with Crippen LogP contribution in [0.2, 0.25) is 0 Å². The Hall–Kier alpha value is -1.96. The monoisotopic (exact) mass is 296 g/mol. The summed E-state index contributed by atoms with van der Waals surface area (Å²) >= 11 is 0. The van der Waals surface area contributed by atoms with Gasteiger partial charge in [0, 0.05) is 25.7 Å². The fourth-order valence-electron chi connectivity index (χ4n) is 2.79. The van der Waals surface area contributed by atoms with Crippen LogP contribution in [-0.4, -0.2) is 70.7 Å². The maximum Gasteiger partial charge on any atom is 0.334 e. The molecule has 0 radical (unpaired) electrons. The Morgan fingerprint density at radius 3 is 2.48 bits per heavy atom. The Kier molecular flexibility index (Phi) is 4.26. The van der Waals surface area contributed by atoms with Crippen molar-refractivity contribution < 1.29 is 19.2 Å². The topological polar surface area (TPSA) is 104 Å². The lowest BCUT2D eigenvalue weighted by Crippen LogP contribution is -2.54. The summed E-state index contributed by atoms with van der Waals surface area (Å²) < 4.78 is 0. The minimum atomic E-state index is -0.954. The average molecular weight is 296 g/mol. The molecule has 2 unspecified atom stereocenters. The van der Waals surface area contributed by atoms with Crippen LogP contribution in [0.15, 0.2) is 0 Å². The maximum atomic E-state index is 12.4. The van der Waals surface area contributed by atoms with Crippen LogP contribution >= 0.6 is 0 Å². The number of piperidine rings is 1. The zero-order valence-electron chi connectivity index (χ0n) is 12.2. The van der Waals surface area contributed by atoms with Crippen molar-refractivity contribution in [1.82, 2.24) is 14.7 Å². The van der Waals surface area contributed by atoms with Gasteiger partial charge in [-0.2, -0.15) is 0 Å². The molecular formula is C13H20N4O4. The number of likely N-dealkylation sites (tertiary alicyclic amines) is 1. The van der Waals surface area contributed by atoms with E-state index in [4.69, 9.17) is 5.73 Å². The molecule has 2 saturated heterocycles. The molecule has 0 bridgehead atoms. The molecular weight excluding hydrogens is 276 g/mol. The number of hydrogen-bond acceptors (Lipinski definition) is 5. The Bertz CT molecular complexity index is 491. The van der Waals surface area contributed by atoms with E-state index in [1.807, 2.05) is 6.92 Å². The maximum absolute atomic E-state index is 12.4. The highest BCUT2D eigenvalue weighted by molar-refractivity contribution is 6.44. The number of hydrogen-bond donors (Lipinski definition) is 1. The van der Waals surface area contributed by atoms with Crippen molar-refractivity contribution in [3.05, 3.63) is 0 Å². The second kappa shape index (κ2) is 5.80. The second-order valence-corrected chi connectivity index (χ2v) is 5.55. The SMILES string of the molecule is CC(N)C1CCCCN1C(=O)CN1C(=O)C(=O)N(C)C1=O. The molecule has 0 aromatic heterocycles. The molecule has 0 spiro atoms. The van der Waals surface area contributed by atoms with Gasteiger partial charge >= 0.3 is 17.8 Å². The summed E-state index contributed by atoms with van der Waals surface area (Å²) in [6.07, 6.45) is 2.68. The van der Waals surface area contributed by atoms with Crippen molar-refractivity contribution in [3.8, 4) is 0 Å². The molecule has 8 nitrogen and oxygen atoms in total. The molecule has 0 saturated carbocycles. The molecule has 2 N–H and O–H groups in total. The summed E-state index contributed by atoms with van der Waals surface area (Å²) in [5.74, 6) is -2.21. The van der Waals surface area contributed by atoms with Gasteiger partial charge < -0.3 is 10.6 Å². The predicted molar refractivity (Wildman–Crippen MR) is 72.9 cm³/mol. The lowest BCUT2D eigenvalue weighted by molar-refractivity contribution is -0.145. The van der Waals surface area contributed by atoms with Crippen molar-refractivity contribution in [2.75, 3.05) is 20.1 Å². The molecule has 0 aromatic rings. The minimum Gasteiger partial charge on any atom is -0.337 e.